The van der Waals surface area contributed by atoms with Gasteiger partial charge in [0.2, 0.25) is 0 Å². The van der Waals surface area contributed by atoms with Crippen molar-refractivity contribution >= 4 is 17.8 Å². The second-order valence-electron chi connectivity index (χ2n) is 6.47. The Morgan fingerprint density at radius 1 is 1.30 bits per heavy atom. The molecule has 0 spiro atoms. The number of nitrogens with zero attached hydrogens (tertiary/aromatic N) is 2. The molecule has 1 aromatic heterocycles. The number of pyridine rings is 1. The fourth-order valence-electron chi connectivity index (χ4n) is 3.08. The second-order valence-corrected chi connectivity index (χ2v) is 6.47. The van der Waals surface area contributed by atoms with E-state index in [1.54, 1.807) is 12.1 Å². The molecule has 0 aliphatic carbocycles. The van der Waals surface area contributed by atoms with Crippen LogP contribution in [0.3, 0.4) is 0 Å². The van der Waals surface area contributed by atoms with E-state index < -0.39 is 0 Å². The molecule has 1 aromatic carbocycles. The molecular formula is C21H24FN3O2. The van der Waals surface area contributed by atoms with Crippen molar-refractivity contribution in [1.29, 1.82) is 0 Å². The van der Waals surface area contributed by atoms with Crippen molar-refractivity contribution in [3.05, 3.63) is 64.6 Å². The summed E-state index contributed by atoms with van der Waals surface area (Å²) in [5.74, 6) is 0.379. The molecule has 0 saturated carbocycles. The Hall–Kier alpha value is -2.73. The third kappa shape index (κ3) is 4.71. The van der Waals surface area contributed by atoms with Crippen LogP contribution < -0.4 is 10.2 Å². The first-order chi connectivity index (χ1) is 13.1. The van der Waals surface area contributed by atoms with Crippen molar-refractivity contribution in [3.63, 3.8) is 0 Å². The molecule has 27 heavy (non-hydrogen) atoms. The number of amides is 1. The molecule has 0 bridgehead atoms. The molecule has 1 amide bonds. The lowest BCUT2D eigenvalue weighted by Gasteiger charge is -2.28. The van der Waals surface area contributed by atoms with Crippen molar-refractivity contribution < 1.29 is 13.9 Å². The summed E-state index contributed by atoms with van der Waals surface area (Å²) in [5.41, 5.74) is 2.92. The fourth-order valence-corrected chi connectivity index (χ4v) is 3.08. The standard InChI is InChI=1S/C21H24FN3O2/c1-3-4-18-20(21(26)23-14-16-5-7-17(22)8-6-16)15(2)13-19(24-18)25-9-11-27-12-10-25/h3-8,13H,9-12,14H2,1-2H3,(H,23,26). The quantitative estimate of drug-likeness (QED) is 0.878. The second kappa shape index (κ2) is 8.77. The number of rotatable bonds is 5. The van der Waals surface area contributed by atoms with Gasteiger partial charge < -0.3 is 15.0 Å². The average molecular weight is 369 g/mol. The highest BCUT2D eigenvalue weighted by molar-refractivity contribution is 5.98. The highest BCUT2D eigenvalue weighted by Crippen LogP contribution is 2.22. The summed E-state index contributed by atoms with van der Waals surface area (Å²) in [6, 6.07) is 8.04. The number of carbonyl (C=O) groups excluding carboxylic acids is 1. The van der Waals surface area contributed by atoms with Crippen molar-refractivity contribution in [3.8, 4) is 0 Å². The zero-order valence-electron chi connectivity index (χ0n) is 15.7. The minimum Gasteiger partial charge on any atom is -0.378 e. The van der Waals surface area contributed by atoms with E-state index in [0.29, 0.717) is 31.0 Å². The van der Waals surface area contributed by atoms with Crippen LogP contribution in [0.1, 0.15) is 34.1 Å². The molecule has 5 nitrogen and oxygen atoms in total. The van der Waals surface area contributed by atoms with E-state index >= 15 is 0 Å². The Morgan fingerprint density at radius 3 is 2.67 bits per heavy atom. The number of hydrogen-bond acceptors (Lipinski definition) is 4. The Morgan fingerprint density at radius 2 is 2.00 bits per heavy atom. The van der Waals surface area contributed by atoms with Gasteiger partial charge in [0.05, 0.1) is 24.5 Å². The lowest BCUT2D eigenvalue weighted by atomic mass is 10.1. The van der Waals surface area contributed by atoms with Gasteiger partial charge in [-0.15, -0.1) is 0 Å². The average Bonchev–Trinajstić information content (AvgIpc) is 2.68. The maximum Gasteiger partial charge on any atom is 0.254 e. The summed E-state index contributed by atoms with van der Waals surface area (Å²) in [5, 5.41) is 2.90. The molecule has 1 aliphatic rings. The first kappa shape index (κ1) is 19.0. The van der Waals surface area contributed by atoms with E-state index in [-0.39, 0.29) is 11.7 Å². The minimum absolute atomic E-state index is 0.189. The number of aromatic nitrogens is 1. The maximum atomic E-state index is 13.0. The molecule has 0 radical (unpaired) electrons. The number of morpholine rings is 1. The summed E-state index contributed by atoms with van der Waals surface area (Å²) >= 11 is 0. The van der Waals surface area contributed by atoms with E-state index in [4.69, 9.17) is 9.72 Å². The Balaban J connectivity index is 1.82. The van der Waals surface area contributed by atoms with Gasteiger partial charge in [0.15, 0.2) is 0 Å². The molecule has 1 saturated heterocycles. The first-order valence-electron chi connectivity index (χ1n) is 9.08. The zero-order chi connectivity index (χ0) is 19.2. The molecule has 1 aliphatic heterocycles. The predicted octanol–water partition coefficient (Wildman–Crippen LogP) is 3.33. The van der Waals surface area contributed by atoms with Crippen LogP contribution in [-0.2, 0) is 11.3 Å². The van der Waals surface area contributed by atoms with Gasteiger partial charge in [-0.3, -0.25) is 4.79 Å². The highest BCUT2D eigenvalue weighted by Gasteiger charge is 2.19. The number of allylic oxidation sites excluding steroid dienone is 1. The molecule has 0 atom stereocenters. The molecule has 3 rings (SSSR count). The fraction of sp³-hybridized carbons (Fsp3) is 0.333. The summed E-state index contributed by atoms with van der Waals surface area (Å²) in [4.78, 5) is 19.7. The van der Waals surface area contributed by atoms with E-state index in [1.807, 2.05) is 32.1 Å². The van der Waals surface area contributed by atoms with Crippen molar-refractivity contribution in [1.82, 2.24) is 10.3 Å². The number of anilines is 1. The van der Waals surface area contributed by atoms with Crippen molar-refractivity contribution in [2.24, 2.45) is 0 Å². The monoisotopic (exact) mass is 369 g/mol. The number of carbonyl (C=O) groups is 1. The van der Waals surface area contributed by atoms with Gasteiger partial charge >= 0.3 is 0 Å². The molecule has 1 fully saturated rings. The highest BCUT2D eigenvalue weighted by atomic mass is 19.1. The predicted molar refractivity (Wildman–Crippen MR) is 104 cm³/mol. The lowest BCUT2D eigenvalue weighted by Crippen LogP contribution is -2.37. The number of halogens is 1. The van der Waals surface area contributed by atoms with Crippen molar-refractivity contribution in [2.75, 3.05) is 31.2 Å². The molecule has 2 heterocycles. The summed E-state index contributed by atoms with van der Waals surface area (Å²) < 4.78 is 18.4. The van der Waals surface area contributed by atoms with Crippen LogP contribution in [0.4, 0.5) is 10.2 Å². The van der Waals surface area contributed by atoms with Gasteiger partial charge in [0.1, 0.15) is 11.6 Å². The van der Waals surface area contributed by atoms with Gasteiger partial charge in [0.25, 0.3) is 5.91 Å². The van der Waals surface area contributed by atoms with Gasteiger partial charge in [0, 0.05) is 19.6 Å². The molecule has 1 N–H and O–H groups in total. The van der Waals surface area contributed by atoms with Gasteiger partial charge in [-0.1, -0.05) is 18.2 Å². The smallest absolute Gasteiger partial charge is 0.254 e. The zero-order valence-corrected chi connectivity index (χ0v) is 15.7. The van der Waals surface area contributed by atoms with Crippen LogP contribution >= 0.6 is 0 Å². The van der Waals surface area contributed by atoms with E-state index in [1.165, 1.54) is 12.1 Å². The number of hydrogen-bond donors (Lipinski definition) is 1. The van der Waals surface area contributed by atoms with Gasteiger partial charge in [-0.2, -0.15) is 0 Å². The number of ether oxygens (including phenoxy) is 1. The number of nitrogens with one attached hydrogen (secondary N) is 1. The van der Waals surface area contributed by atoms with E-state index in [2.05, 4.69) is 10.2 Å². The summed E-state index contributed by atoms with van der Waals surface area (Å²) in [6.07, 6.45) is 3.73. The van der Waals surface area contributed by atoms with Crippen LogP contribution in [0.5, 0.6) is 0 Å². The van der Waals surface area contributed by atoms with Crippen LogP contribution in [-0.4, -0.2) is 37.2 Å². The molecule has 2 aromatic rings. The summed E-state index contributed by atoms with van der Waals surface area (Å²) in [6.45, 7) is 7.10. The molecule has 0 unspecified atom stereocenters. The van der Waals surface area contributed by atoms with Crippen LogP contribution in [0.25, 0.3) is 6.08 Å². The number of aryl methyl sites for hydroxylation is 1. The Bertz CT molecular complexity index is 828. The maximum absolute atomic E-state index is 13.0. The summed E-state index contributed by atoms with van der Waals surface area (Å²) in [7, 11) is 0. The number of benzene rings is 1. The van der Waals surface area contributed by atoms with Crippen LogP contribution in [0.15, 0.2) is 36.4 Å². The van der Waals surface area contributed by atoms with E-state index in [0.717, 1.165) is 30.0 Å². The SMILES string of the molecule is CC=Cc1nc(N2CCOCC2)cc(C)c1C(=O)NCc1ccc(F)cc1. The largest absolute Gasteiger partial charge is 0.378 e. The normalized spacial score (nSPS) is 14.6. The van der Waals surface area contributed by atoms with Gasteiger partial charge in [-0.25, -0.2) is 9.37 Å². The Labute approximate surface area is 158 Å². The lowest BCUT2D eigenvalue weighted by molar-refractivity contribution is 0.0949. The third-order valence-electron chi connectivity index (χ3n) is 4.48. The van der Waals surface area contributed by atoms with Gasteiger partial charge in [-0.05, 0) is 49.2 Å². The van der Waals surface area contributed by atoms with E-state index in [9.17, 15) is 9.18 Å². The molecule has 6 heteroatoms. The first-order valence-corrected chi connectivity index (χ1v) is 9.08. The Kier molecular flexibility index (Phi) is 6.19. The third-order valence-corrected chi connectivity index (χ3v) is 4.48. The molecular weight excluding hydrogens is 345 g/mol. The molecule has 142 valence electrons. The van der Waals surface area contributed by atoms with Crippen LogP contribution in [0, 0.1) is 12.7 Å². The van der Waals surface area contributed by atoms with Crippen LogP contribution in [0.2, 0.25) is 0 Å². The minimum atomic E-state index is -0.292. The van der Waals surface area contributed by atoms with Crippen molar-refractivity contribution in [2.45, 2.75) is 20.4 Å². The topological polar surface area (TPSA) is 54.5 Å².